The smallest absolute Gasteiger partial charge is 0.258 e. The third-order valence-corrected chi connectivity index (χ3v) is 7.70. The third kappa shape index (κ3) is 4.05. The van der Waals surface area contributed by atoms with Crippen LogP contribution in [0.4, 0.5) is 10.2 Å². The second-order valence-electron chi connectivity index (χ2n) is 7.62. The van der Waals surface area contributed by atoms with Gasteiger partial charge in [-0.15, -0.1) is 0 Å². The van der Waals surface area contributed by atoms with Crippen molar-refractivity contribution in [2.75, 3.05) is 5.73 Å². The number of rotatable bonds is 0. The maximum Gasteiger partial charge on any atom is 0.258 e. The summed E-state index contributed by atoms with van der Waals surface area (Å²) >= 11 is 0. The average molecular weight is 482 g/mol. The van der Waals surface area contributed by atoms with E-state index in [4.69, 9.17) is 10.5 Å². The quantitative estimate of drug-likeness (QED) is 0.518. The van der Waals surface area contributed by atoms with Crippen molar-refractivity contribution in [2.45, 2.75) is 49.9 Å². The zero-order chi connectivity index (χ0) is 24.6. The number of nitrogens with zero attached hydrogens (tertiary/aromatic N) is 6. The largest absolute Gasteiger partial charge is 0.467 e. The lowest BCUT2D eigenvalue weighted by Gasteiger charge is -2.22. The fraction of sp³-hybridized carbons (Fsp3) is 0.348. The van der Waals surface area contributed by atoms with E-state index >= 15 is 0 Å². The number of aryl methyl sites for hydroxylation is 1. The van der Waals surface area contributed by atoms with Gasteiger partial charge in [0.2, 0.25) is 0 Å². The van der Waals surface area contributed by atoms with Gasteiger partial charge in [-0.2, -0.15) is 14.7 Å². The summed E-state index contributed by atoms with van der Waals surface area (Å²) in [4.78, 5) is 21.8. The topological polar surface area (TPSA) is 132 Å². The van der Waals surface area contributed by atoms with Crippen LogP contribution >= 0.6 is 0 Å². The van der Waals surface area contributed by atoms with Gasteiger partial charge < -0.3 is 10.5 Å². The Hall–Kier alpha value is -3.65. The molecule has 5 rings (SSSR count). The maximum atomic E-state index is 14.2. The van der Waals surface area contributed by atoms with Crippen LogP contribution in [0.5, 0.6) is 5.88 Å². The van der Waals surface area contributed by atoms with E-state index in [2.05, 4.69) is 25.5 Å². The number of nitriles is 1. The van der Waals surface area contributed by atoms with Crippen molar-refractivity contribution in [1.29, 1.82) is 5.26 Å². The predicted octanol–water partition coefficient (Wildman–Crippen LogP) is 3.65. The molecule has 0 aliphatic carbocycles. The van der Waals surface area contributed by atoms with E-state index in [-0.39, 0.29) is 29.3 Å². The maximum absolute atomic E-state index is 14.2. The number of ether oxygens (including phenoxy) is 1. The van der Waals surface area contributed by atoms with Crippen LogP contribution in [0.25, 0.3) is 11.3 Å². The molecule has 1 aromatic carbocycles. The first-order chi connectivity index (χ1) is 16.4. The van der Waals surface area contributed by atoms with Gasteiger partial charge in [-0.05, 0) is 25.1 Å². The Morgan fingerprint density at radius 1 is 1.32 bits per heavy atom. The molecule has 3 unspecified atom stereocenters. The van der Waals surface area contributed by atoms with Crippen molar-refractivity contribution < 1.29 is 13.9 Å². The average Bonchev–Trinajstić information content (AvgIpc) is 3.34. The molecule has 2 aliphatic heterocycles. The lowest BCUT2D eigenvalue weighted by molar-refractivity contribution is -0.117. The van der Waals surface area contributed by atoms with Crippen molar-refractivity contribution in [3.8, 4) is 23.2 Å². The van der Waals surface area contributed by atoms with Crippen LogP contribution in [0.1, 0.15) is 50.2 Å². The lowest BCUT2D eigenvalue weighted by atomic mass is 10.0. The van der Waals surface area contributed by atoms with E-state index in [1.54, 1.807) is 20.0 Å². The van der Waals surface area contributed by atoms with Crippen molar-refractivity contribution in [3.63, 3.8) is 0 Å². The molecule has 2 aromatic heterocycles. The molecule has 176 valence electrons. The summed E-state index contributed by atoms with van der Waals surface area (Å²) in [6.07, 6.45) is 1.48. The molecule has 4 heterocycles. The van der Waals surface area contributed by atoms with Crippen LogP contribution < -0.4 is 10.5 Å². The minimum atomic E-state index is -0.826. The summed E-state index contributed by atoms with van der Waals surface area (Å²) in [7, 11) is 0.851. The number of hydrogen-bond acceptors (Lipinski definition) is 7. The number of amides is 1. The molecule has 0 saturated carbocycles. The Balaban J connectivity index is 0.00000133. The van der Waals surface area contributed by atoms with Crippen LogP contribution in [-0.4, -0.2) is 30.9 Å². The highest BCUT2D eigenvalue weighted by Crippen LogP contribution is 2.37. The van der Waals surface area contributed by atoms with Crippen molar-refractivity contribution in [3.05, 3.63) is 47.2 Å². The molecule has 34 heavy (non-hydrogen) atoms. The molecule has 9 nitrogen and oxygen atoms in total. The number of halogens is 1. The van der Waals surface area contributed by atoms with Crippen LogP contribution in [0.3, 0.4) is 0 Å². The molecule has 2 aliphatic rings. The van der Waals surface area contributed by atoms with Gasteiger partial charge in [-0.25, -0.2) is 14.4 Å². The number of fused-ring (bicyclic) bond motifs is 7. The molecule has 3 aromatic rings. The minimum Gasteiger partial charge on any atom is -0.467 e. The molecule has 0 saturated heterocycles. The minimum absolute atomic E-state index is 0.0700. The third-order valence-electron chi connectivity index (χ3n) is 5.51. The summed E-state index contributed by atoms with van der Waals surface area (Å²) in [5.41, 5.74) is 8.43. The van der Waals surface area contributed by atoms with Gasteiger partial charge in [0.25, 0.3) is 11.8 Å². The van der Waals surface area contributed by atoms with Crippen LogP contribution in [0.15, 0.2) is 33.7 Å². The van der Waals surface area contributed by atoms with Gasteiger partial charge >= 0.3 is 0 Å². The molecule has 1 amide bonds. The molecule has 2 N–H and O–H groups in total. The standard InChI is InChI=1S/C21H18FN7O2S.C2H6/c1-10-13-5-11(22)3-4-17(13)32-12(7-18(30)28-32)6-14-19(16(8-23)29(2)27-14)15-9-25-20(24)21(26-15)31-10;1-2/h3-5,9-10,12H,6-7H2,1-2H3,(H2,24,25);1-2H3. The molecular formula is C23H24FN7O2S. The van der Waals surface area contributed by atoms with Crippen LogP contribution in [0, 0.1) is 17.1 Å². The van der Waals surface area contributed by atoms with Crippen molar-refractivity contribution in [1.82, 2.24) is 19.7 Å². The first-order valence-electron chi connectivity index (χ1n) is 10.9. The molecular weight excluding hydrogens is 457 g/mol. The monoisotopic (exact) mass is 481 g/mol. The normalized spacial score (nSPS) is 20.6. The Bertz CT molecular complexity index is 1360. The highest BCUT2D eigenvalue weighted by Gasteiger charge is 2.33. The highest BCUT2D eigenvalue weighted by molar-refractivity contribution is 7.88. The number of anilines is 1. The van der Waals surface area contributed by atoms with Crippen molar-refractivity contribution >= 4 is 22.4 Å². The van der Waals surface area contributed by atoms with Gasteiger partial charge in [0, 0.05) is 35.6 Å². The molecule has 3 atom stereocenters. The van der Waals surface area contributed by atoms with Crippen LogP contribution in [-0.2, 0) is 29.0 Å². The molecule has 0 radical (unpaired) electrons. The summed E-state index contributed by atoms with van der Waals surface area (Å²) in [5, 5.41) is 14.1. The Morgan fingerprint density at radius 3 is 2.82 bits per heavy atom. The second kappa shape index (κ2) is 9.30. The second-order valence-corrected chi connectivity index (χ2v) is 9.54. The van der Waals surface area contributed by atoms with Crippen molar-refractivity contribution in [2.24, 2.45) is 11.4 Å². The van der Waals surface area contributed by atoms with Crippen LogP contribution in [0.2, 0.25) is 0 Å². The Labute approximate surface area is 198 Å². The van der Waals surface area contributed by atoms with E-state index < -0.39 is 22.6 Å². The number of benzene rings is 1. The zero-order valence-electron chi connectivity index (χ0n) is 19.2. The fourth-order valence-corrected chi connectivity index (χ4v) is 6.25. The fourth-order valence-electron chi connectivity index (χ4n) is 4.06. The van der Waals surface area contributed by atoms with Gasteiger partial charge in [0.05, 0.1) is 23.1 Å². The number of carbonyl (C=O) groups excluding carboxylic acids is 1. The first-order valence-corrected chi connectivity index (χ1v) is 12.1. The van der Waals surface area contributed by atoms with E-state index in [0.717, 1.165) is 4.90 Å². The SMILES string of the molecule is CC.CC1Oc2nc(cnc2N)-c2c(nn(C)c2C#N)CC2CC(=O)N=S2c2ccc(F)cc21. The summed E-state index contributed by atoms with van der Waals surface area (Å²) in [6, 6.07) is 6.57. The van der Waals surface area contributed by atoms with Gasteiger partial charge in [-0.3, -0.25) is 9.48 Å². The predicted molar refractivity (Wildman–Crippen MR) is 125 cm³/mol. The van der Waals surface area contributed by atoms with Gasteiger partial charge in [-0.1, -0.05) is 24.5 Å². The number of carbonyl (C=O) groups is 1. The van der Waals surface area contributed by atoms with E-state index in [1.807, 2.05) is 13.8 Å². The zero-order valence-corrected chi connectivity index (χ0v) is 20.1. The van der Waals surface area contributed by atoms with E-state index in [1.165, 1.54) is 23.0 Å². The molecule has 11 heteroatoms. The summed E-state index contributed by atoms with van der Waals surface area (Å²) < 4.78 is 26.1. The van der Waals surface area contributed by atoms with E-state index in [0.29, 0.717) is 34.6 Å². The summed E-state index contributed by atoms with van der Waals surface area (Å²) in [5.74, 6) is -0.487. The number of nitrogen functional groups attached to an aromatic ring is 1. The van der Waals surface area contributed by atoms with E-state index in [9.17, 15) is 14.4 Å². The number of aromatic nitrogens is 4. The Kier molecular flexibility index (Phi) is 6.43. The van der Waals surface area contributed by atoms with Gasteiger partial charge in [0.1, 0.15) is 23.7 Å². The molecule has 0 fully saturated rings. The first kappa shape index (κ1) is 23.5. The lowest BCUT2D eigenvalue weighted by Crippen LogP contribution is -2.19. The summed E-state index contributed by atoms with van der Waals surface area (Å²) in [6.45, 7) is 5.75. The Morgan fingerprint density at radius 2 is 2.09 bits per heavy atom. The molecule has 2 bridgehead atoms. The number of nitrogens with two attached hydrogens (primary N) is 1. The molecule has 0 spiro atoms. The highest BCUT2D eigenvalue weighted by atomic mass is 32.2. The van der Waals surface area contributed by atoms with Gasteiger partial charge in [0.15, 0.2) is 5.82 Å². The number of hydrogen-bond donors (Lipinski definition) is 1.